The first-order chi connectivity index (χ1) is 16.3. The Morgan fingerprint density at radius 2 is 1.76 bits per heavy atom. The first-order valence-electron chi connectivity index (χ1n) is 11.6. The Kier molecular flexibility index (Phi) is 5.81. The molecule has 2 aliphatic heterocycles. The molecule has 2 aliphatic rings. The van der Waals surface area contributed by atoms with Crippen molar-refractivity contribution in [2.45, 2.75) is 25.2 Å². The van der Waals surface area contributed by atoms with Gasteiger partial charge in [-0.3, -0.25) is 14.5 Å². The first kappa shape index (κ1) is 22.8. The molecule has 0 spiro atoms. The van der Waals surface area contributed by atoms with E-state index in [1.165, 1.54) is 4.31 Å². The molecule has 0 unspecified atom stereocenters. The maximum absolute atomic E-state index is 13.3. The number of carbonyl (C=O) groups is 1. The molecule has 0 bridgehead atoms. The molecule has 9 nitrogen and oxygen atoms in total. The number of para-hydroxylation sites is 1. The zero-order valence-corrected chi connectivity index (χ0v) is 20.6. The highest BCUT2D eigenvalue weighted by Crippen LogP contribution is 2.30. The van der Waals surface area contributed by atoms with Gasteiger partial charge in [-0.25, -0.2) is 8.42 Å². The van der Waals surface area contributed by atoms with Gasteiger partial charge >= 0.3 is 0 Å². The second-order valence-electron chi connectivity index (χ2n) is 9.13. The average Bonchev–Trinajstić information content (AvgIpc) is 3.44. The van der Waals surface area contributed by atoms with Crippen molar-refractivity contribution in [1.82, 2.24) is 24.0 Å². The number of piperazine rings is 1. The Morgan fingerprint density at radius 3 is 2.47 bits per heavy atom. The normalized spacial score (nSPS) is 19.8. The lowest BCUT2D eigenvalue weighted by atomic mass is 10.1. The molecule has 0 aliphatic carbocycles. The van der Waals surface area contributed by atoms with Gasteiger partial charge in [0, 0.05) is 63.6 Å². The van der Waals surface area contributed by atoms with Crippen LogP contribution in [0.25, 0.3) is 10.9 Å². The molecule has 10 heteroatoms. The van der Waals surface area contributed by atoms with Crippen molar-refractivity contribution in [1.29, 1.82) is 0 Å². The number of pyridine rings is 1. The minimum atomic E-state index is -3.68. The number of anilines is 1. The number of nitrogens with zero attached hydrogens (tertiary/aromatic N) is 6. The van der Waals surface area contributed by atoms with Crippen molar-refractivity contribution in [3.8, 4) is 0 Å². The van der Waals surface area contributed by atoms with Crippen LogP contribution >= 0.6 is 0 Å². The topological polar surface area (TPSA) is 91.6 Å². The molecule has 2 aromatic heterocycles. The Bertz CT molecular complexity index is 1340. The number of aryl methyl sites for hydroxylation is 2. The van der Waals surface area contributed by atoms with Gasteiger partial charge in [0.15, 0.2) is 0 Å². The van der Waals surface area contributed by atoms with Gasteiger partial charge in [-0.1, -0.05) is 18.2 Å². The van der Waals surface area contributed by atoms with E-state index >= 15 is 0 Å². The molecule has 1 atom stereocenters. The number of rotatable bonds is 4. The number of sulfonamides is 1. The lowest BCUT2D eigenvalue weighted by molar-refractivity contribution is -0.135. The third kappa shape index (κ3) is 3.84. The summed E-state index contributed by atoms with van der Waals surface area (Å²) in [5, 5.41) is 5.37. The van der Waals surface area contributed by atoms with Gasteiger partial charge < -0.3 is 9.80 Å². The molecule has 0 N–H and O–H groups in total. The van der Waals surface area contributed by atoms with Gasteiger partial charge in [0.1, 0.15) is 4.90 Å². The average molecular weight is 483 g/mol. The van der Waals surface area contributed by atoms with Crippen molar-refractivity contribution in [3.05, 3.63) is 47.9 Å². The van der Waals surface area contributed by atoms with Crippen molar-refractivity contribution in [2.24, 2.45) is 13.0 Å². The number of aromatic nitrogens is 3. The molecule has 4 heterocycles. The highest BCUT2D eigenvalue weighted by Gasteiger charge is 2.40. The van der Waals surface area contributed by atoms with E-state index in [1.807, 2.05) is 35.4 Å². The van der Waals surface area contributed by atoms with Crippen LogP contribution in [-0.4, -0.2) is 77.6 Å². The van der Waals surface area contributed by atoms with Gasteiger partial charge in [-0.15, -0.1) is 0 Å². The minimum absolute atomic E-state index is 0.0524. The summed E-state index contributed by atoms with van der Waals surface area (Å²) in [6.07, 6.45) is 2.38. The van der Waals surface area contributed by atoms with E-state index in [0.29, 0.717) is 37.4 Å². The number of fused-ring (bicyclic) bond motifs is 1. The fourth-order valence-corrected chi connectivity index (χ4v) is 7.09. The quantitative estimate of drug-likeness (QED) is 0.565. The number of carbonyl (C=O) groups excluding carboxylic acids is 1. The van der Waals surface area contributed by atoms with Crippen LogP contribution in [0.1, 0.15) is 17.8 Å². The standard InChI is InChI=1S/C24H30N6O3S/c1-17-23(18(2)27(3)26-17)34(32,33)30-11-9-19(16-30)24(31)29-14-12-28(13-15-29)22-8-10-25-21-7-5-4-6-20(21)22/h4-8,10,19H,9,11-16H2,1-3H3/t19-/m1/s1. The molecule has 3 aromatic rings. The Hall–Kier alpha value is -2.98. The van der Waals surface area contributed by atoms with Gasteiger partial charge in [-0.05, 0) is 32.4 Å². The smallest absolute Gasteiger partial charge is 0.246 e. The largest absolute Gasteiger partial charge is 0.367 e. The van der Waals surface area contributed by atoms with E-state index in [2.05, 4.69) is 21.0 Å². The highest BCUT2D eigenvalue weighted by atomic mass is 32.2. The number of amides is 1. The lowest BCUT2D eigenvalue weighted by Gasteiger charge is -2.37. The molecule has 2 saturated heterocycles. The Morgan fingerprint density at radius 1 is 1.03 bits per heavy atom. The molecule has 0 radical (unpaired) electrons. The van der Waals surface area contributed by atoms with Crippen LogP contribution in [0.2, 0.25) is 0 Å². The van der Waals surface area contributed by atoms with E-state index in [0.717, 1.165) is 29.7 Å². The molecular formula is C24H30N6O3S. The predicted octanol–water partition coefficient (Wildman–Crippen LogP) is 1.94. The van der Waals surface area contributed by atoms with Gasteiger partial charge in [0.2, 0.25) is 15.9 Å². The monoisotopic (exact) mass is 482 g/mol. The summed E-state index contributed by atoms with van der Waals surface area (Å²) in [6, 6.07) is 10.1. The van der Waals surface area contributed by atoms with E-state index in [4.69, 9.17) is 0 Å². The summed E-state index contributed by atoms with van der Waals surface area (Å²) in [6.45, 7) is 6.78. The van der Waals surface area contributed by atoms with Crippen LogP contribution in [0.15, 0.2) is 41.4 Å². The predicted molar refractivity (Wildman–Crippen MR) is 130 cm³/mol. The summed E-state index contributed by atoms with van der Waals surface area (Å²) < 4.78 is 29.6. The Balaban J connectivity index is 1.24. The van der Waals surface area contributed by atoms with Crippen LogP contribution in [0.3, 0.4) is 0 Å². The molecule has 2 fully saturated rings. The summed E-state index contributed by atoms with van der Waals surface area (Å²) in [5.41, 5.74) is 3.21. The fraction of sp³-hybridized carbons (Fsp3) is 0.458. The number of hydrogen-bond donors (Lipinski definition) is 0. The van der Waals surface area contributed by atoms with Crippen LogP contribution in [-0.2, 0) is 21.9 Å². The summed E-state index contributed by atoms with van der Waals surface area (Å²) >= 11 is 0. The van der Waals surface area contributed by atoms with Gasteiger partial charge in [-0.2, -0.15) is 9.40 Å². The molecular weight excluding hydrogens is 452 g/mol. The fourth-order valence-electron chi connectivity index (χ4n) is 5.19. The van der Waals surface area contributed by atoms with Crippen LogP contribution in [0.5, 0.6) is 0 Å². The summed E-state index contributed by atoms with van der Waals surface area (Å²) in [5.74, 6) is -0.253. The second-order valence-corrected chi connectivity index (χ2v) is 11.0. The number of benzene rings is 1. The van der Waals surface area contributed by atoms with Gasteiger partial charge in [0.05, 0.1) is 22.8 Å². The zero-order chi connectivity index (χ0) is 24.0. The molecule has 1 amide bonds. The maximum atomic E-state index is 13.3. The molecule has 0 saturated carbocycles. The van der Waals surface area contributed by atoms with E-state index in [1.54, 1.807) is 25.6 Å². The third-order valence-electron chi connectivity index (χ3n) is 7.10. The lowest BCUT2D eigenvalue weighted by Crippen LogP contribution is -2.50. The van der Waals surface area contributed by atoms with Crippen molar-refractivity contribution >= 4 is 32.5 Å². The highest BCUT2D eigenvalue weighted by molar-refractivity contribution is 7.89. The summed E-state index contributed by atoms with van der Waals surface area (Å²) in [7, 11) is -1.93. The van der Waals surface area contributed by atoms with Crippen LogP contribution < -0.4 is 4.90 Å². The Labute approximate surface area is 200 Å². The van der Waals surface area contributed by atoms with Crippen molar-refractivity contribution in [2.75, 3.05) is 44.2 Å². The molecule has 34 heavy (non-hydrogen) atoms. The molecule has 180 valence electrons. The van der Waals surface area contributed by atoms with E-state index in [9.17, 15) is 13.2 Å². The minimum Gasteiger partial charge on any atom is -0.367 e. The first-order valence-corrected chi connectivity index (χ1v) is 13.1. The van der Waals surface area contributed by atoms with E-state index < -0.39 is 10.0 Å². The maximum Gasteiger partial charge on any atom is 0.246 e. The molecule has 1 aromatic carbocycles. The van der Waals surface area contributed by atoms with Crippen molar-refractivity contribution in [3.63, 3.8) is 0 Å². The van der Waals surface area contributed by atoms with E-state index in [-0.39, 0.29) is 23.3 Å². The number of hydrogen-bond acceptors (Lipinski definition) is 6. The summed E-state index contributed by atoms with van der Waals surface area (Å²) in [4.78, 5) is 22.2. The zero-order valence-electron chi connectivity index (χ0n) is 19.8. The van der Waals surface area contributed by atoms with Crippen LogP contribution in [0, 0.1) is 19.8 Å². The van der Waals surface area contributed by atoms with Gasteiger partial charge in [0.25, 0.3) is 0 Å². The molecule has 5 rings (SSSR count). The van der Waals surface area contributed by atoms with Crippen LogP contribution in [0.4, 0.5) is 5.69 Å². The third-order valence-corrected chi connectivity index (χ3v) is 9.22. The SMILES string of the molecule is Cc1nn(C)c(C)c1S(=O)(=O)N1CC[C@@H](C(=O)N2CCN(c3ccnc4ccccc34)CC2)C1. The second kappa shape index (κ2) is 8.66. The van der Waals surface area contributed by atoms with Crippen molar-refractivity contribution < 1.29 is 13.2 Å².